The van der Waals surface area contributed by atoms with Gasteiger partial charge in [-0.1, -0.05) is 27.2 Å². The fourth-order valence-electron chi connectivity index (χ4n) is 2.79. The van der Waals surface area contributed by atoms with Crippen molar-refractivity contribution in [3.63, 3.8) is 0 Å². The van der Waals surface area contributed by atoms with E-state index in [9.17, 15) is 0 Å². The Bertz CT molecular complexity index is 195. The lowest BCUT2D eigenvalue weighted by molar-refractivity contribution is 0.129. The van der Waals surface area contributed by atoms with Gasteiger partial charge in [-0.25, -0.2) is 0 Å². The van der Waals surface area contributed by atoms with E-state index in [2.05, 4.69) is 33.0 Å². The van der Waals surface area contributed by atoms with Gasteiger partial charge in [0, 0.05) is 12.1 Å². The molecule has 1 atom stereocenters. The van der Waals surface area contributed by atoms with Crippen molar-refractivity contribution < 1.29 is 5.11 Å². The minimum absolute atomic E-state index is 0.250. The second kappa shape index (κ2) is 6.02. The summed E-state index contributed by atoms with van der Waals surface area (Å²) >= 11 is 0. The van der Waals surface area contributed by atoms with Crippen LogP contribution in [0.5, 0.6) is 0 Å². The summed E-state index contributed by atoms with van der Waals surface area (Å²) in [5.74, 6) is 0.889. The molecule has 1 saturated carbocycles. The van der Waals surface area contributed by atoms with Gasteiger partial charge in [0.25, 0.3) is 0 Å². The zero-order valence-corrected chi connectivity index (χ0v) is 11.4. The summed E-state index contributed by atoms with van der Waals surface area (Å²) in [5.41, 5.74) is 0.508. The number of aliphatic hydroxyl groups excluding tert-OH is 1. The van der Waals surface area contributed by atoms with E-state index in [1.54, 1.807) is 0 Å². The predicted molar refractivity (Wildman–Crippen MR) is 69.5 cm³/mol. The lowest BCUT2D eigenvalue weighted by Crippen LogP contribution is -2.42. The first-order chi connectivity index (χ1) is 7.49. The van der Waals surface area contributed by atoms with Crippen molar-refractivity contribution in [1.82, 2.24) is 5.32 Å². The normalized spacial score (nSPS) is 29.1. The minimum Gasteiger partial charge on any atom is -0.395 e. The Kier molecular flexibility index (Phi) is 5.26. The first-order valence-electron chi connectivity index (χ1n) is 6.86. The average Bonchev–Trinajstić information content (AvgIpc) is 2.29. The number of nitrogens with one attached hydrogen (secondary N) is 1. The standard InChI is InChI=1S/C14H29NO/c1-5-14(3,4)12-6-8-13(9-7-12)15-11(2)10-16/h11-13,15-16H,5-10H2,1-4H3. The second-order valence-electron chi connectivity index (χ2n) is 6.14. The molecule has 0 aromatic rings. The highest BCUT2D eigenvalue weighted by molar-refractivity contribution is 4.85. The maximum absolute atomic E-state index is 9.02. The van der Waals surface area contributed by atoms with Crippen LogP contribution in [-0.4, -0.2) is 23.8 Å². The van der Waals surface area contributed by atoms with Crippen LogP contribution in [0, 0.1) is 11.3 Å². The number of rotatable bonds is 5. The van der Waals surface area contributed by atoms with Crippen LogP contribution < -0.4 is 5.32 Å². The van der Waals surface area contributed by atoms with E-state index >= 15 is 0 Å². The topological polar surface area (TPSA) is 32.3 Å². The molecule has 2 heteroatoms. The zero-order valence-electron chi connectivity index (χ0n) is 11.4. The molecule has 0 aromatic carbocycles. The van der Waals surface area contributed by atoms with Gasteiger partial charge >= 0.3 is 0 Å². The maximum Gasteiger partial charge on any atom is 0.0582 e. The summed E-state index contributed by atoms with van der Waals surface area (Å²) in [5, 5.41) is 12.5. The molecular formula is C14H29NO. The van der Waals surface area contributed by atoms with Gasteiger partial charge in [-0.15, -0.1) is 0 Å². The lowest BCUT2D eigenvalue weighted by atomic mass is 9.69. The molecule has 0 saturated heterocycles. The maximum atomic E-state index is 9.02. The molecule has 96 valence electrons. The van der Waals surface area contributed by atoms with Crippen LogP contribution in [0.3, 0.4) is 0 Å². The van der Waals surface area contributed by atoms with Gasteiger partial charge in [0.15, 0.2) is 0 Å². The largest absolute Gasteiger partial charge is 0.395 e. The Morgan fingerprint density at radius 1 is 1.25 bits per heavy atom. The molecule has 2 N–H and O–H groups in total. The Morgan fingerprint density at radius 2 is 1.81 bits per heavy atom. The van der Waals surface area contributed by atoms with E-state index in [0.717, 1.165) is 5.92 Å². The van der Waals surface area contributed by atoms with E-state index in [0.29, 0.717) is 11.5 Å². The molecule has 2 nitrogen and oxygen atoms in total. The molecule has 1 unspecified atom stereocenters. The van der Waals surface area contributed by atoms with Crippen LogP contribution in [0.25, 0.3) is 0 Å². The third-order valence-corrected chi connectivity index (χ3v) is 4.54. The highest BCUT2D eigenvalue weighted by atomic mass is 16.3. The Hall–Kier alpha value is -0.0800. The number of hydrogen-bond acceptors (Lipinski definition) is 2. The zero-order chi connectivity index (χ0) is 12.2. The predicted octanol–water partition coefficient (Wildman–Crippen LogP) is 2.95. The third-order valence-electron chi connectivity index (χ3n) is 4.54. The van der Waals surface area contributed by atoms with Crippen molar-refractivity contribution in [3.05, 3.63) is 0 Å². The fourth-order valence-corrected chi connectivity index (χ4v) is 2.79. The van der Waals surface area contributed by atoms with Gasteiger partial charge in [-0.05, 0) is 43.9 Å². The fraction of sp³-hybridized carbons (Fsp3) is 1.00. The Morgan fingerprint density at radius 3 is 2.25 bits per heavy atom. The van der Waals surface area contributed by atoms with Crippen LogP contribution in [-0.2, 0) is 0 Å². The highest BCUT2D eigenvalue weighted by Gasteiger charge is 2.31. The molecular weight excluding hydrogens is 198 g/mol. The average molecular weight is 227 g/mol. The monoisotopic (exact) mass is 227 g/mol. The van der Waals surface area contributed by atoms with Gasteiger partial charge < -0.3 is 10.4 Å². The first-order valence-corrected chi connectivity index (χ1v) is 6.86. The molecule has 1 aliphatic rings. The van der Waals surface area contributed by atoms with E-state index < -0.39 is 0 Å². The summed E-state index contributed by atoms with van der Waals surface area (Å²) in [6, 6.07) is 0.881. The molecule has 0 heterocycles. The summed E-state index contributed by atoms with van der Waals surface area (Å²) < 4.78 is 0. The first kappa shape index (κ1) is 14.0. The Labute approximate surface area is 101 Å². The van der Waals surface area contributed by atoms with Crippen LogP contribution in [0.15, 0.2) is 0 Å². The summed E-state index contributed by atoms with van der Waals surface area (Å²) in [7, 11) is 0. The van der Waals surface area contributed by atoms with E-state index in [4.69, 9.17) is 5.11 Å². The van der Waals surface area contributed by atoms with E-state index in [1.807, 2.05) is 0 Å². The highest BCUT2D eigenvalue weighted by Crippen LogP contribution is 2.40. The molecule has 1 aliphatic carbocycles. The smallest absolute Gasteiger partial charge is 0.0582 e. The van der Waals surface area contributed by atoms with Gasteiger partial charge in [-0.2, -0.15) is 0 Å². The summed E-state index contributed by atoms with van der Waals surface area (Å²) in [6.45, 7) is 9.42. The second-order valence-corrected chi connectivity index (χ2v) is 6.14. The molecule has 1 fully saturated rings. The molecule has 0 radical (unpaired) electrons. The summed E-state index contributed by atoms with van der Waals surface area (Å²) in [4.78, 5) is 0. The van der Waals surface area contributed by atoms with Crippen molar-refractivity contribution >= 4 is 0 Å². The van der Waals surface area contributed by atoms with Gasteiger partial charge in [0.1, 0.15) is 0 Å². The van der Waals surface area contributed by atoms with Crippen LogP contribution in [0.1, 0.15) is 59.8 Å². The van der Waals surface area contributed by atoms with Crippen molar-refractivity contribution in [2.24, 2.45) is 11.3 Å². The van der Waals surface area contributed by atoms with Crippen molar-refractivity contribution in [2.75, 3.05) is 6.61 Å². The van der Waals surface area contributed by atoms with Gasteiger partial charge in [0.05, 0.1) is 6.61 Å². The lowest BCUT2D eigenvalue weighted by Gasteiger charge is -2.39. The third kappa shape index (κ3) is 3.74. The molecule has 1 rings (SSSR count). The van der Waals surface area contributed by atoms with Crippen LogP contribution in [0.4, 0.5) is 0 Å². The van der Waals surface area contributed by atoms with E-state index in [1.165, 1.54) is 32.1 Å². The van der Waals surface area contributed by atoms with Gasteiger partial charge in [0.2, 0.25) is 0 Å². The molecule has 0 aliphatic heterocycles. The van der Waals surface area contributed by atoms with Crippen molar-refractivity contribution in [2.45, 2.75) is 71.9 Å². The molecule has 0 bridgehead atoms. The molecule has 0 amide bonds. The van der Waals surface area contributed by atoms with Gasteiger partial charge in [-0.3, -0.25) is 0 Å². The summed E-state index contributed by atoms with van der Waals surface area (Å²) in [6.07, 6.45) is 6.52. The van der Waals surface area contributed by atoms with Crippen molar-refractivity contribution in [1.29, 1.82) is 0 Å². The molecule has 16 heavy (non-hydrogen) atoms. The van der Waals surface area contributed by atoms with Crippen LogP contribution in [0.2, 0.25) is 0 Å². The molecule has 0 aromatic heterocycles. The number of hydrogen-bond donors (Lipinski definition) is 2. The van der Waals surface area contributed by atoms with Crippen molar-refractivity contribution in [3.8, 4) is 0 Å². The quantitative estimate of drug-likeness (QED) is 0.757. The number of aliphatic hydroxyl groups is 1. The van der Waals surface area contributed by atoms with E-state index in [-0.39, 0.29) is 12.6 Å². The van der Waals surface area contributed by atoms with Crippen LogP contribution >= 0.6 is 0 Å². The SMILES string of the molecule is CCC(C)(C)C1CCC(NC(C)CO)CC1. The minimum atomic E-state index is 0.250. The Balaban J connectivity index is 2.34. The molecule has 0 spiro atoms.